The summed E-state index contributed by atoms with van der Waals surface area (Å²) < 4.78 is 16.4. The number of hydrogen-bond donors (Lipinski definition) is 2. The first-order chi connectivity index (χ1) is 13.2. The average molecular weight is 361 g/mol. The molecule has 0 saturated carbocycles. The number of aryl methyl sites for hydroxylation is 1. The molecule has 27 heavy (non-hydrogen) atoms. The largest absolute Gasteiger partial charge is 0.364 e. The maximum Gasteiger partial charge on any atom is 0.154 e. The van der Waals surface area contributed by atoms with Crippen molar-refractivity contribution in [2.24, 2.45) is 12.2 Å². The normalized spacial score (nSPS) is 10.9. The van der Waals surface area contributed by atoms with Crippen molar-refractivity contribution in [3.63, 3.8) is 0 Å². The molecule has 7 nitrogen and oxygen atoms in total. The van der Waals surface area contributed by atoms with Crippen molar-refractivity contribution in [1.82, 2.24) is 19.7 Å². The Balaban J connectivity index is 1.64. The highest BCUT2D eigenvalue weighted by Crippen LogP contribution is 2.28. The third-order valence-electron chi connectivity index (χ3n) is 4.24. The summed E-state index contributed by atoms with van der Waals surface area (Å²) in [6.45, 7) is 0.211. The topological polar surface area (TPSA) is 91.8 Å². The molecule has 4 aromatic rings. The van der Waals surface area contributed by atoms with Gasteiger partial charge in [-0.3, -0.25) is 9.67 Å². The zero-order chi connectivity index (χ0) is 18.8. The van der Waals surface area contributed by atoms with Gasteiger partial charge in [-0.2, -0.15) is 10.2 Å². The van der Waals surface area contributed by atoms with Crippen LogP contribution in [0.2, 0.25) is 0 Å². The lowest BCUT2D eigenvalue weighted by atomic mass is 10.1. The highest BCUT2D eigenvalue weighted by molar-refractivity contribution is 5.80. The lowest BCUT2D eigenvalue weighted by Gasteiger charge is -2.11. The molecule has 134 valence electrons. The van der Waals surface area contributed by atoms with Crippen molar-refractivity contribution < 1.29 is 4.39 Å². The number of nitrogens with zero attached hydrogens (tertiary/aromatic N) is 5. The predicted molar refractivity (Wildman–Crippen MR) is 100 cm³/mol. The fourth-order valence-corrected chi connectivity index (χ4v) is 2.86. The summed E-state index contributed by atoms with van der Waals surface area (Å²) in [5.41, 5.74) is 10.4. The van der Waals surface area contributed by atoms with Gasteiger partial charge in [-0.05, 0) is 30.3 Å². The molecule has 0 atom stereocenters. The Kier molecular flexibility index (Phi) is 4.29. The van der Waals surface area contributed by atoms with Crippen LogP contribution >= 0.6 is 0 Å². The molecule has 0 bridgehead atoms. The molecule has 2 N–H and O–H groups in total. The van der Waals surface area contributed by atoms with Crippen LogP contribution in [0.25, 0.3) is 22.2 Å². The third-order valence-corrected chi connectivity index (χ3v) is 4.24. The molecule has 3 aromatic heterocycles. The molecule has 0 aliphatic rings. The van der Waals surface area contributed by atoms with Crippen molar-refractivity contribution in [3.05, 3.63) is 66.4 Å². The van der Waals surface area contributed by atoms with Gasteiger partial charge in [0.15, 0.2) is 5.82 Å². The summed E-state index contributed by atoms with van der Waals surface area (Å²) >= 11 is 0. The second-order valence-electron chi connectivity index (χ2n) is 6.04. The van der Waals surface area contributed by atoms with Crippen LogP contribution in [0.3, 0.4) is 0 Å². The molecule has 8 heteroatoms. The minimum absolute atomic E-state index is 0.211. The minimum Gasteiger partial charge on any atom is -0.364 e. The Morgan fingerprint density at radius 2 is 2.11 bits per heavy atom. The van der Waals surface area contributed by atoms with E-state index in [1.54, 1.807) is 53.5 Å². The van der Waals surface area contributed by atoms with E-state index in [-0.39, 0.29) is 12.4 Å². The summed E-state index contributed by atoms with van der Waals surface area (Å²) in [6, 6.07) is 10.4. The van der Waals surface area contributed by atoms with Gasteiger partial charge in [0.25, 0.3) is 0 Å². The Hall–Kier alpha value is -3.68. The van der Waals surface area contributed by atoms with Crippen LogP contribution in [0.4, 0.5) is 15.9 Å². The zero-order valence-corrected chi connectivity index (χ0v) is 14.5. The Bertz CT molecular complexity index is 1140. The summed E-state index contributed by atoms with van der Waals surface area (Å²) in [4.78, 5) is 8.68. The molecular weight excluding hydrogens is 345 g/mol. The lowest BCUT2D eigenvalue weighted by Crippen LogP contribution is -2.04. The van der Waals surface area contributed by atoms with Crippen molar-refractivity contribution >= 4 is 22.4 Å². The highest BCUT2D eigenvalue weighted by Gasteiger charge is 2.11. The molecule has 0 aliphatic heterocycles. The van der Waals surface area contributed by atoms with E-state index in [0.717, 1.165) is 5.56 Å². The fraction of sp³-hybridized carbons (Fsp3) is 0.105. The number of benzene rings is 1. The summed E-state index contributed by atoms with van der Waals surface area (Å²) in [7, 11) is 1.83. The number of halogens is 1. The van der Waals surface area contributed by atoms with E-state index < -0.39 is 0 Å². The van der Waals surface area contributed by atoms with Crippen LogP contribution in [0.15, 0.2) is 60.1 Å². The molecule has 0 saturated heterocycles. The summed E-state index contributed by atoms with van der Waals surface area (Å²) in [6.07, 6.45) is 5.19. The van der Waals surface area contributed by atoms with Gasteiger partial charge in [0.2, 0.25) is 0 Å². The monoisotopic (exact) mass is 361 g/mol. The molecule has 0 amide bonds. The fourth-order valence-electron chi connectivity index (χ4n) is 2.86. The molecule has 1 aromatic carbocycles. The molecule has 0 spiro atoms. The van der Waals surface area contributed by atoms with Gasteiger partial charge in [-0.15, -0.1) is 0 Å². The number of pyridine rings is 2. The van der Waals surface area contributed by atoms with E-state index in [1.165, 1.54) is 0 Å². The number of anilines is 1. The number of rotatable bonds is 5. The maximum absolute atomic E-state index is 14.7. The summed E-state index contributed by atoms with van der Waals surface area (Å²) in [5, 5.41) is 11.2. The lowest BCUT2D eigenvalue weighted by molar-refractivity contribution is 0.624. The molecular formula is C19H16FN7. The Labute approximate surface area is 154 Å². The average Bonchev–Trinajstić information content (AvgIpc) is 3.14. The summed E-state index contributed by atoms with van der Waals surface area (Å²) in [5.74, 6) is 0.0953. The smallest absolute Gasteiger partial charge is 0.154 e. The van der Waals surface area contributed by atoms with E-state index >= 15 is 0 Å². The zero-order valence-electron chi connectivity index (χ0n) is 14.5. The second-order valence-corrected chi connectivity index (χ2v) is 6.04. The van der Waals surface area contributed by atoms with Crippen LogP contribution in [-0.4, -0.2) is 19.7 Å². The van der Waals surface area contributed by atoms with Crippen LogP contribution in [0.1, 0.15) is 5.56 Å². The second kappa shape index (κ2) is 6.91. The van der Waals surface area contributed by atoms with Crippen LogP contribution < -0.4 is 5.32 Å². The van der Waals surface area contributed by atoms with Gasteiger partial charge >= 0.3 is 0 Å². The SMILES string of the molecule is Cn1cc(-c2ccc(N=N)c(NCc3ccc4ncccc4c3F)n2)cn1. The molecule has 4 rings (SSSR count). The van der Waals surface area contributed by atoms with E-state index in [4.69, 9.17) is 5.53 Å². The predicted octanol–water partition coefficient (Wildman–Crippen LogP) is 4.44. The maximum atomic E-state index is 14.7. The molecule has 0 radical (unpaired) electrons. The third kappa shape index (κ3) is 3.24. The van der Waals surface area contributed by atoms with Crippen molar-refractivity contribution in [1.29, 1.82) is 5.53 Å². The van der Waals surface area contributed by atoms with Crippen LogP contribution in [0.5, 0.6) is 0 Å². The van der Waals surface area contributed by atoms with Crippen LogP contribution in [-0.2, 0) is 13.6 Å². The van der Waals surface area contributed by atoms with E-state index in [1.807, 2.05) is 13.2 Å². The van der Waals surface area contributed by atoms with Gasteiger partial charge in [-0.1, -0.05) is 6.07 Å². The van der Waals surface area contributed by atoms with Gasteiger partial charge < -0.3 is 5.32 Å². The van der Waals surface area contributed by atoms with E-state index in [2.05, 4.69) is 25.5 Å². The van der Waals surface area contributed by atoms with Gasteiger partial charge in [-0.25, -0.2) is 14.9 Å². The van der Waals surface area contributed by atoms with E-state index in [9.17, 15) is 4.39 Å². The van der Waals surface area contributed by atoms with Crippen LogP contribution in [0, 0.1) is 11.3 Å². The first-order valence-corrected chi connectivity index (χ1v) is 8.29. The quantitative estimate of drug-likeness (QED) is 0.514. The number of aromatic nitrogens is 4. The molecule has 0 unspecified atom stereocenters. The Morgan fingerprint density at radius 1 is 1.22 bits per heavy atom. The first kappa shape index (κ1) is 16.8. The Morgan fingerprint density at radius 3 is 2.89 bits per heavy atom. The number of hydrogen-bond acceptors (Lipinski definition) is 6. The standard InChI is InChI=1S/C19H16FN7/c1-27-11-13(10-24-27)15-6-7-17(26-21)19(25-15)23-9-12-4-5-16-14(18(12)20)3-2-8-22-16/h2-8,10-11,21H,9H2,1H3,(H,23,25). The molecule has 0 fully saturated rings. The number of fused-ring (bicyclic) bond motifs is 1. The highest BCUT2D eigenvalue weighted by atomic mass is 19.1. The number of nitrogens with one attached hydrogen (secondary N) is 2. The van der Waals surface area contributed by atoms with E-state index in [0.29, 0.717) is 33.7 Å². The van der Waals surface area contributed by atoms with Crippen molar-refractivity contribution in [3.8, 4) is 11.3 Å². The van der Waals surface area contributed by atoms with Gasteiger partial charge in [0.1, 0.15) is 11.5 Å². The van der Waals surface area contributed by atoms with Gasteiger partial charge in [0.05, 0.1) is 17.4 Å². The van der Waals surface area contributed by atoms with Crippen molar-refractivity contribution in [2.45, 2.75) is 6.54 Å². The van der Waals surface area contributed by atoms with Crippen molar-refractivity contribution in [2.75, 3.05) is 5.32 Å². The molecule has 3 heterocycles. The van der Waals surface area contributed by atoms with Gasteiger partial charge in [0, 0.05) is 42.5 Å². The molecule has 0 aliphatic carbocycles. The minimum atomic E-state index is -0.319. The first-order valence-electron chi connectivity index (χ1n) is 8.29.